The molecule has 1 saturated heterocycles. The van der Waals surface area contributed by atoms with Crippen LogP contribution in [0.25, 0.3) is 0 Å². The van der Waals surface area contributed by atoms with Crippen LogP contribution in [0.5, 0.6) is 11.5 Å². The van der Waals surface area contributed by atoms with Crippen LogP contribution in [-0.2, 0) is 20.7 Å². The van der Waals surface area contributed by atoms with E-state index in [2.05, 4.69) is 20.8 Å². The Morgan fingerprint density at radius 3 is 2.11 bits per heavy atom. The first-order valence-corrected chi connectivity index (χ1v) is 18.0. The van der Waals surface area contributed by atoms with Crippen molar-refractivity contribution in [1.82, 2.24) is 0 Å². The molecule has 1 aromatic rings. The van der Waals surface area contributed by atoms with Crippen molar-refractivity contribution >= 4 is 5.97 Å². The molecule has 0 amide bonds. The number of phenolic OH excluding ortho intramolecular Hbond substituents is 1. The highest BCUT2D eigenvalue weighted by Crippen LogP contribution is 2.40. The highest BCUT2D eigenvalue weighted by molar-refractivity contribution is 5.69. The normalized spacial score (nSPS) is 23.3. The number of aromatic hydroxyl groups is 1. The van der Waals surface area contributed by atoms with Crippen molar-refractivity contribution in [3.05, 3.63) is 22.3 Å². The number of aliphatic hydroxyl groups is 4. The van der Waals surface area contributed by atoms with E-state index < -0.39 is 41.8 Å². The second kappa shape index (κ2) is 18.7. The first-order valence-electron chi connectivity index (χ1n) is 18.0. The number of benzene rings is 1. The number of carbonyl (C=O) groups excluding carboxylic acids is 1. The van der Waals surface area contributed by atoms with Gasteiger partial charge in [-0.3, -0.25) is 4.79 Å². The molecular formula is C38H66O9. The summed E-state index contributed by atoms with van der Waals surface area (Å²) in [5.74, 6) is 1.46. The Balaban J connectivity index is 1.99. The van der Waals surface area contributed by atoms with E-state index in [1.165, 1.54) is 19.3 Å². The molecule has 1 aromatic carbocycles. The fourth-order valence-electron chi connectivity index (χ4n) is 6.55. The van der Waals surface area contributed by atoms with E-state index in [4.69, 9.17) is 14.2 Å². The largest absolute Gasteiger partial charge is 0.507 e. The van der Waals surface area contributed by atoms with Crippen LogP contribution in [0.2, 0.25) is 0 Å². The van der Waals surface area contributed by atoms with E-state index in [1.807, 2.05) is 20.8 Å². The molecule has 0 aromatic heterocycles. The summed E-state index contributed by atoms with van der Waals surface area (Å²) in [6, 6.07) is 0. The predicted octanol–water partition coefficient (Wildman–Crippen LogP) is 6.72. The van der Waals surface area contributed by atoms with E-state index in [0.717, 1.165) is 25.2 Å². The van der Waals surface area contributed by atoms with Crippen LogP contribution in [0.4, 0.5) is 0 Å². The summed E-state index contributed by atoms with van der Waals surface area (Å²) in [6.45, 7) is 17.6. The lowest BCUT2D eigenvalue weighted by atomic mass is 9.85. The average molecular weight is 667 g/mol. The van der Waals surface area contributed by atoms with Crippen molar-refractivity contribution in [2.75, 3.05) is 6.61 Å². The van der Waals surface area contributed by atoms with Crippen molar-refractivity contribution < 1.29 is 44.5 Å². The molecular weight excluding hydrogens is 600 g/mol. The fourth-order valence-corrected chi connectivity index (χ4v) is 6.55. The lowest BCUT2D eigenvalue weighted by Gasteiger charge is -2.37. The fraction of sp³-hybridized carbons (Fsp3) is 0.816. The van der Waals surface area contributed by atoms with Crippen LogP contribution < -0.4 is 4.74 Å². The topological polar surface area (TPSA) is 146 Å². The third-order valence-corrected chi connectivity index (χ3v) is 9.95. The Kier molecular flexibility index (Phi) is 16.5. The van der Waals surface area contributed by atoms with Gasteiger partial charge in [0.1, 0.15) is 17.6 Å². The van der Waals surface area contributed by atoms with Gasteiger partial charge >= 0.3 is 5.97 Å². The monoisotopic (exact) mass is 666 g/mol. The van der Waals surface area contributed by atoms with E-state index in [9.17, 15) is 30.3 Å². The number of hydrogen-bond donors (Lipinski definition) is 5. The molecule has 0 bridgehead atoms. The van der Waals surface area contributed by atoms with Gasteiger partial charge in [0, 0.05) is 12.0 Å². The predicted molar refractivity (Wildman–Crippen MR) is 185 cm³/mol. The van der Waals surface area contributed by atoms with Gasteiger partial charge in [-0.05, 0) is 108 Å². The zero-order valence-corrected chi connectivity index (χ0v) is 30.7. The molecule has 7 atom stereocenters. The van der Waals surface area contributed by atoms with Crippen LogP contribution in [0.15, 0.2) is 0 Å². The van der Waals surface area contributed by atoms with Crippen molar-refractivity contribution in [2.45, 2.75) is 182 Å². The Labute approximate surface area is 284 Å². The molecule has 0 aliphatic carbocycles. The molecule has 0 spiro atoms. The molecule has 0 saturated carbocycles. The maximum atomic E-state index is 12.1. The zero-order chi connectivity index (χ0) is 35.5. The first-order chi connectivity index (χ1) is 21.9. The quantitative estimate of drug-likeness (QED) is 0.0957. The molecule has 9 heteroatoms. The van der Waals surface area contributed by atoms with Gasteiger partial charge in [-0.25, -0.2) is 0 Å². The minimum absolute atomic E-state index is 0.136. The van der Waals surface area contributed by atoms with Gasteiger partial charge in [-0.2, -0.15) is 0 Å². The third-order valence-electron chi connectivity index (χ3n) is 9.95. The van der Waals surface area contributed by atoms with Crippen LogP contribution in [-0.4, -0.2) is 73.9 Å². The van der Waals surface area contributed by atoms with Gasteiger partial charge in [0.2, 0.25) is 6.29 Å². The second-order valence-electron chi connectivity index (χ2n) is 15.3. The third kappa shape index (κ3) is 13.1. The van der Waals surface area contributed by atoms with Gasteiger partial charge < -0.3 is 39.7 Å². The number of esters is 1. The number of carbonyl (C=O) groups is 1. The maximum Gasteiger partial charge on any atom is 0.306 e. The molecule has 1 aliphatic rings. The molecule has 47 heavy (non-hydrogen) atoms. The summed E-state index contributed by atoms with van der Waals surface area (Å²) in [4.78, 5) is 12.1. The Bertz CT molecular complexity index is 1110. The number of ether oxygens (including phenoxy) is 3. The van der Waals surface area contributed by atoms with Crippen molar-refractivity contribution in [3.63, 3.8) is 0 Å². The lowest BCUT2D eigenvalue weighted by molar-refractivity contribution is -0.249. The molecule has 1 fully saturated rings. The first kappa shape index (κ1) is 41.3. The Morgan fingerprint density at radius 2 is 1.49 bits per heavy atom. The summed E-state index contributed by atoms with van der Waals surface area (Å²) in [5, 5.41) is 54.6. The minimum Gasteiger partial charge on any atom is -0.507 e. The van der Waals surface area contributed by atoms with Gasteiger partial charge in [-0.15, -0.1) is 0 Å². The lowest BCUT2D eigenvalue weighted by Crippen LogP contribution is -2.56. The van der Waals surface area contributed by atoms with Crippen molar-refractivity contribution in [1.29, 1.82) is 0 Å². The van der Waals surface area contributed by atoms with Gasteiger partial charge in [0.05, 0.1) is 17.8 Å². The maximum absolute atomic E-state index is 12.1. The Morgan fingerprint density at radius 1 is 0.894 bits per heavy atom. The average Bonchev–Trinajstić information content (AvgIpc) is 2.97. The van der Waals surface area contributed by atoms with Gasteiger partial charge in [0.15, 0.2) is 12.2 Å². The summed E-state index contributed by atoms with van der Waals surface area (Å²) in [7, 11) is 0. The van der Waals surface area contributed by atoms with E-state index >= 15 is 0 Å². The van der Waals surface area contributed by atoms with E-state index in [0.29, 0.717) is 72.4 Å². The molecule has 272 valence electrons. The summed E-state index contributed by atoms with van der Waals surface area (Å²) in [6.07, 6.45) is 4.98. The molecule has 2 rings (SSSR count). The summed E-state index contributed by atoms with van der Waals surface area (Å²) < 4.78 is 17.1. The molecule has 0 radical (unpaired) electrons. The number of aliphatic hydroxyl groups excluding tert-OH is 2. The standard InChI is InChI=1S/C38H66O9/c1-10-14-31(40)46-35-30(39)23-45-36(33(35)42)47-34-27(6)26(5)32(41)29(28(34)7)18-22-38(9,44)21-13-20-37(8,43)19-12-17-25(4)16-11-15-24(2)3/h24-25,30,33,35-36,39,41-44H,10-23H2,1-9H3/t25-,30-,33-,35+,36+,37?,38-/m1/s1. The van der Waals surface area contributed by atoms with Crippen LogP contribution in [0.3, 0.4) is 0 Å². The minimum atomic E-state index is -1.42. The van der Waals surface area contributed by atoms with Gasteiger partial charge in [-0.1, -0.05) is 59.8 Å². The van der Waals surface area contributed by atoms with E-state index in [1.54, 1.807) is 20.8 Å². The van der Waals surface area contributed by atoms with Crippen LogP contribution in [0.1, 0.15) is 141 Å². The highest BCUT2D eigenvalue weighted by Gasteiger charge is 2.43. The second-order valence-corrected chi connectivity index (χ2v) is 15.3. The molecule has 1 aliphatic heterocycles. The van der Waals surface area contributed by atoms with Crippen LogP contribution in [0, 0.1) is 32.6 Å². The molecule has 5 N–H and O–H groups in total. The smallest absolute Gasteiger partial charge is 0.306 e. The van der Waals surface area contributed by atoms with E-state index in [-0.39, 0.29) is 18.8 Å². The van der Waals surface area contributed by atoms with Crippen molar-refractivity contribution in [3.8, 4) is 11.5 Å². The molecule has 1 unspecified atom stereocenters. The molecule has 1 heterocycles. The zero-order valence-electron chi connectivity index (χ0n) is 30.7. The summed E-state index contributed by atoms with van der Waals surface area (Å²) in [5.41, 5.74) is 0.802. The number of phenols is 1. The number of rotatable bonds is 20. The van der Waals surface area contributed by atoms with Crippen molar-refractivity contribution in [2.24, 2.45) is 11.8 Å². The SMILES string of the molecule is CCCC(=O)O[C@@H]1[C@@H](O)[C@H](Oc2c(C)c(C)c(O)c(CC[C@](C)(O)CCCC(C)(O)CCC[C@H](C)CCCC(C)C)c2C)OC[C@H]1O. The van der Waals surface area contributed by atoms with Crippen LogP contribution >= 0.6 is 0 Å². The summed E-state index contributed by atoms with van der Waals surface area (Å²) >= 11 is 0. The highest BCUT2D eigenvalue weighted by atomic mass is 16.7. The number of hydrogen-bond acceptors (Lipinski definition) is 9. The Hall–Kier alpha value is -1.91. The van der Waals surface area contributed by atoms with Gasteiger partial charge in [0.25, 0.3) is 0 Å². The molecule has 9 nitrogen and oxygen atoms in total.